The van der Waals surface area contributed by atoms with E-state index in [1.54, 1.807) is 7.11 Å². The molecular weight excluding hydrogens is 452 g/mol. The van der Waals surface area contributed by atoms with Gasteiger partial charge in [-0.1, -0.05) is 30.2 Å². The van der Waals surface area contributed by atoms with E-state index in [0.717, 1.165) is 47.8 Å². The van der Waals surface area contributed by atoms with Gasteiger partial charge in [0.25, 0.3) is 0 Å². The molecule has 0 radical (unpaired) electrons. The predicted molar refractivity (Wildman–Crippen MR) is 133 cm³/mol. The molecule has 0 bridgehead atoms. The number of ether oxygens (including phenoxy) is 1. The highest BCUT2D eigenvalue weighted by Gasteiger charge is 2.36. The minimum Gasteiger partial charge on any atom is -0.501 e. The fourth-order valence-corrected chi connectivity index (χ4v) is 4.60. The van der Waals surface area contributed by atoms with Crippen LogP contribution in [-0.2, 0) is 9.53 Å². The minimum atomic E-state index is -0.464. The van der Waals surface area contributed by atoms with E-state index < -0.39 is 6.04 Å². The number of carbonyl (C=O) groups is 1. The van der Waals surface area contributed by atoms with E-state index in [2.05, 4.69) is 15.5 Å². The molecule has 0 spiro atoms. The number of methoxy groups -OCH3 is 1. The number of nitrogens with one attached hydrogen (secondary N) is 1. The SMILES string of the molecule is COC1=CC=C2C(C1)C(c1ccc(Cl)cc1)=N[C@@H](CC(=O)NCCCCCN)c1nnc(C)n12. The number of nitrogens with two attached hydrogens (primary N) is 1. The predicted octanol–water partition coefficient (Wildman–Crippen LogP) is 3.81. The molecule has 180 valence electrons. The highest BCUT2D eigenvalue weighted by molar-refractivity contribution is 6.30. The quantitative estimate of drug-likeness (QED) is 0.528. The van der Waals surface area contributed by atoms with Crippen molar-refractivity contribution in [2.45, 2.75) is 45.1 Å². The number of fused-ring (bicyclic) bond motifs is 3. The van der Waals surface area contributed by atoms with Crippen LogP contribution in [0.3, 0.4) is 0 Å². The maximum absolute atomic E-state index is 12.8. The van der Waals surface area contributed by atoms with Gasteiger partial charge in [-0.25, -0.2) is 0 Å². The molecule has 1 amide bonds. The third kappa shape index (κ3) is 5.23. The van der Waals surface area contributed by atoms with Crippen molar-refractivity contribution in [1.82, 2.24) is 20.1 Å². The normalized spacial score (nSPS) is 19.2. The molecule has 2 aliphatic rings. The van der Waals surface area contributed by atoms with E-state index in [0.29, 0.717) is 30.4 Å². The summed E-state index contributed by atoms with van der Waals surface area (Å²) in [6, 6.07) is 7.19. The van der Waals surface area contributed by atoms with Crippen molar-refractivity contribution < 1.29 is 9.53 Å². The van der Waals surface area contributed by atoms with Crippen molar-refractivity contribution in [1.29, 1.82) is 0 Å². The van der Waals surface area contributed by atoms with E-state index >= 15 is 0 Å². The molecule has 34 heavy (non-hydrogen) atoms. The van der Waals surface area contributed by atoms with Crippen LogP contribution < -0.4 is 11.1 Å². The fraction of sp³-hybridized carbons (Fsp3) is 0.440. The van der Waals surface area contributed by atoms with Crippen molar-refractivity contribution in [2.75, 3.05) is 20.2 Å². The Morgan fingerprint density at radius 1 is 1.21 bits per heavy atom. The molecule has 0 fully saturated rings. The van der Waals surface area contributed by atoms with Crippen LogP contribution in [0, 0.1) is 12.8 Å². The van der Waals surface area contributed by atoms with Gasteiger partial charge in [0, 0.05) is 29.6 Å². The maximum Gasteiger partial charge on any atom is 0.222 e. The molecule has 2 heterocycles. The van der Waals surface area contributed by atoms with Gasteiger partial charge in [-0.15, -0.1) is 10.2 Å². The number of unbranched alkanes of at least 4 members (excludes halogenated alkanes) is 2. The number of allylic oxidation sites excluding steroid dienone is 4. The highest BCUT2D eigenvalue weighted by atomic mass is 35.5. The first-order valence-corrected chi connectivity index (χ1v) is 12.1. The summed E-state index contributed by atoms with van der Waals surface area (Å²) >= 11 is 6.16. The van der Waals surface area contributed by atoms with Crippen molar-refractivity contribution in [2.24, 2.45) is 16.6 Å². The Bertz CT molecular complexity index is 1120. The lowest BCUT2D eigenvalue weighted by atomic mass is 9.87. The Hall–Kier alpha value is -2.97. The first kappa shape index (κ1) is 24.2. The van der Waals surface area contributed by atoms with E-state index in [1.165, 1.54) is 0 Å². The molecule has 8 nitrogen and oxygen atoms in total. The van der Waals surface area contributed by atoms with E-state index in [-0.39, 0.29) is 18.2 Å². The molecule has 1 aliphatic carbocycles. The molecule has 1 aromatic heterocycles. The Morgan fingerprint density at radius 2 is 2.00 bits per heavy atom. The van der Waals surface area contributed by atoms with Crippen LogP contribution in [0.25, 0.3) is 5.70 Å². The number of nitrogens with zero attached hydrogens (tertiary/aromatic N) is 4. The van der Waals surface area contributed by atoms with Crippen LogP contribution in [0.1, 0.15) is 55.4 Å². The summed E-state index contributed by atoms with van der Waals surface area (Å²) in [7, 11) is 1.68. The molecule has 3 N–H and O–H groups in total. The summed E-state index contributed by atoms with van der Waals surface area (Å²) in [5.74, 6) is 2.18. The summed E-state index contributed by atoms with van der Waals surface area (Å²) in [6.45, 7) is 3.22. The summed E-state index contributed by atoms with van der Waals surface area (Å²) in [6.07, 6.45) is 7.72. The Labute approximate surface area is 204 Å². The average molecular weight is 483 g/mol. The molecule has 0 saturated heterocycles. The molecule has 1 aliphatic heterocycles. The van der Waals surface area contributed by atoms with E-state index in [9.17, 15) is 4.79 Å². The number of aromatic nitrogens is 3. The lowest BCUT2D eigenvalue weighted by Crippen LogP contribution is -2.26. The van der Waals surface area contributed by atoms with Gasteiger partial charge >= 0.3 is 0 Å². The molecule has 1 aromatic carbocycles. The molecule has 2 aromatic rings. The van der Waals surface area contributed by atoms with Crippen molar-refractivity contribution in [3.05, 3.63) is 64.4 Å². The zero-order valence-corrected chi connectivity index (χ0v) is 20.4. The van der Waals surface area contributed by atoms with Crippen molar-refractivity contribution in [3.8, 4) is 0 Å². The molecule has 1 unspecified atom stereocenters. The second-order valence-electron chi connectivity index (χ2n) is 8.57. The number of hydrogen-bond donors (Lipinski definition) is 2. The number of rotatable bonds is 9. The lowest BCUT2D eigenvalue weighted by Gasteiger charge is -2.26. The standard InChI is InChI=1S/C25H31ClN6O2/c1-16-30-31-25-21(15-23(33)28-13-5-3-4-12-27)29-24(17-6-8-18(26)9-7-17)20-14-19(34-2)10-11-22(20)32(16)25/h6-11,20-21H,3-5,12-15,27H2,1-2H3,(H,28,33)/t20?,21-/m0/s1. The van der Waals surface area contributed by atoms with E-state index in [1.807, 2.05) is 47.9 Å². The van der Waals surface area contributed by atoms with Crippen molar-refractivity contribution in [3.63, 3.8) is 0 Å². The highest BCUT2D eigenvalue weighted by Crippen LogP contribution is 2.39. The van der Waals surface area contributed by atoms with Gasteiger partial charge in [-0.2, -0.15) is 0 Å². The lowest BCUT2D eigenvalue weighted by molar-refractivity contribution is -0.121. The second kappa shape index (κ2) is 11.0. The Kier molecular flexibility index (Phi) is 7.80. The van der Waals surface area contributed by atoms with Gasteiger partial charge in [0.1, 0.15) is 11.9 Å². The smallest absolute Gasteiger partial charge is 0.222 e. The van der Waals surface area contributed by atoms with Crippen molar-refractivity contribution >= 4 is 28.9 Å². The van der Waals surface area contributed by atoms with Gasteiger partial charge in [-0.3, -0.25) is 14.4 Å². The molecular formula is C25H31ClN6O2. The zero-order chi connectivity index (χ0) is 24.1. The van der Waals surface area contributed by atoms with Gasteiger partial charge in [0.2, 0.25) is 5.91 Å². The summed E-state index contributed by atoms with van der Waals surface area (Å²) in [5, 5.41) is 12.4. The summed E-state index contributed by atoms with van der Waals surface area (Å²) in [5.41, 5.74) is 8.42. The minimum absolute atomic E-state index is 0.0567. The number of aliphatic imine (C=N–C) groups is 1. The Morgan fingerprint density at radius 3 is 2.74 bits per heavy atom. The molecule has 2 atom stereocenters. The van der Waals surface area contributed by atoms with Crippen LogP contribution in [-0.4, -0.2) is 46.6 Å². The molecule has 0 saturated carbocycles. The molecule has 4 rings (SSSR count). The van der Waals surface area contributed by atoms with Crippen LogP contribution in [0.5, 0.6) is 0 Å². The van der Waals surface area contributed by atoms with Gasteiger partial charge in [-0.05, 0) is 56.2 Å². The third-order valence-corrected chi connectivity index (χ3v) is 6.47. The van der Waals surface area contributed by atoms with Crippen LogP contribution >= 0.6 is 11.6 Å². The number of carbonyl (C=O) groups excluding carboxylic acids is 1. The summed E-state index contributed by atoms with van der Waals surface area (Å²) < 4.78 is 7.62. The number of halogens is 1. The largest absolute Gasteiger partial charge is 0.501 e. The third-order valence-electron chi connectivity index (χ3n) is 6.22. The van der Waals surface area contributed by atoms with E-state index in [4.69, 9.17) is 27.1 Å². The topological polar surface area (TPSA) is 107 Å². The van der Waals surface area contributed by atoms with Crippen LogP contribution in [0.15, 0.2) is 47.2 Å². The monoisotopic (exact) mass is 482 g/mol. The number of aryl methyl sites for hydroxylation is 1. The number of hydrogen-bond acceptors (Lipinski definition) is 6. The molecule has 9 heteroatoms. The van der Waals surface area contributed by atoms with Gasteiger partial charge in [0.05, 0.1) is 25.0 Å². The first-order valence-electron chi connectivity index (χ1n) is 11.7. The van der Waals surface area contributed by atoms with Crippen LogP contribution in [0.4, 0.5) is 0 Å². The number of amides is 1. The first-order chi connectivity index (χ1) is 16.5. The number of benzene rings is 1. The average Bonchev–Trinajstić information content (AvgIpc) is 3.16. The van der Waals surface area contributed by atoms with Gasteiger partial charge in [0.15, 0.2) is 5.82 Å². The zero-order valence-electron chi connectivity index (χ0n) is 19.6. The van der Waals surface area contributed by atoms with Gasteiger partial charge < -0.3 is 15.8 Å². The maximum atomic E-state index is 12.8. The second-order valence-corrected chi connectivity index (χ2v) is 9.00. The van der Waals surface area contributed by atoms with Crippen LogP contribution in [0.2, 0.25) is 5.02 Å². The Balaban J connectivity index is 1.69. The summed E-state index contributed by atoms with van der Waals surface area (Å²) in [4.78, 5) is 18.0. The fourth-order valence-electron chi connectivity index (χ4n) is 4.47.